The molecule has 62 valence electrons. The van der Waals surface area contributed by atoms with Crippen LogP contribution in [0.3, 0.4) is 0 Å². The van der Waals surface area contributed by atoms with Crippen molar-refractivity contribution in [3.63, 3.8) is 0 Å². The van der Waals surface area contributed by atoms with Gasteiger partial charge in [0.1, 0.15) is 12.6 Å². The van der Waals surface area contributed by atoms with E-state index in [4.69, 9.17) is 10.4 Å². The van der Waals surface area contributed by atoms with Crippen LogP contribution in [0, 0.1) is 17.2 Å². The highest BCUT2D eigenvalue weighted by atomic mass is 16.3. The van der Waals surface area contributed by atoms with Crippen molar-refractivity contribution in [3.05, 3.63) is 0 Å². The van der Waals surface area contributed by atoms with Gasteiger partial charge in [-0.2, -0.15) is 5.26 Å². The zero-order valence-corrected chi connectivity index (χ0v) is 6.66. The van der Waals surface area contributed by atoms with Crippen LogP contribution in [0.4, 0.5) is 0 Å². The number of nitriles is 1. The highest BCUT2D eigenvalue weighted by molar-refractivity contribution is 5.80. The molecule has 0 aliphatic carbocycles. The number of nitrogens with zero attached hydrogens (tertiary/aromatic N) is 1. The number of rotatable bonds is 3. The molecular weight excluding hydrogens is 144 g/mol. The van der Waals surface area contributed by atoms with Gasteiger partial charge < -0.3 is 10.4 Å². The molecule has 0 bridgehead atoms. The third kappa shape index (κ3) is 3.58. The van der Waals surface area contributed by atoms with Crippen LogP contribution >= 0.6 is 0 Å². The number of aliphatic hydroxyl groups is 1. The summed E-state index contributed by atoms with van der Waals surface area (Å²) in [5.74, 6) is -0.602. The monoisotopic (exact) mass is 156 g/mol. The molecule has 0 aromatic carbocycles. The van der Waals surface area contributed by atoms with Crippen LogP contribution in [0.15, 0.2) is 0 Å². The molecule has 0 aromatic heterocycles. The number of hydrogen-bond acceptors (Lipinski definition) is 3. The number of hydrogen-bond donors (Lipinski definition) is 2. The molecule has 0 rings (SSSR count). The van der Waals surface area contributed by atoms with Gasteiger partial charge >= 0.3 is 0 Å². The largest absolute Gasteiger partial charge is 0.383 e. The van der Waals surface area contributed by atoms with E-state index in [1.54, 1.807) is 19.9 Å². The fourth-order valence-electron chi connectivity index (χ4n) is 0.534. The molecule has 11 heavy (non-hydrogen) atoms. The summed E-state index contributed by atoms with van der Waals surface area (Å²) in [4.78, 5) is 10.8. The number of nitrogens with one attached hydrogen (secondary N) is 1. The summed E-state index contributed by atoms with van der Waals surface area (Å²) in [7, 11) is 0. The summed E-state index contributed by atoms with van der Waals surface area (Å²) >= 11 is 0. The Balaban J connectivity index is 3.76. The van der Waals surface area contributed by atoms with Crippen molar-refractivity contribution in [2.24, 2.45) is 5.92 Å². The van der Waals surface area contributed by atoms with E-state index in [0.29, 0.717) is 0 Å². The molecule has 1 amide bonds. The van der Waals surface area contributed by atoms with Crippen molar-refractivity contribution in [1.29, 1.82) is 5.26 Å². The third-order valence-corrected chi connectivity index (χ3v) is 1.24. The first-order valence-corrected chi connectivity index (χ1v) is 3.42. The Morgan fingerprint density at radius 2 is 2.27 bits per heavy atom. The predicted molar refractivity (Wildman–Crippen MR) is 39.5 cm³/mol. The van der Waals surface area contributed by atoms with Gasteiger partial charge in [0.05, 0.1) is 6.07 Å². The van der Waals surface area contributed by atoms with Gasteiger partial charge in [0.2, 0.25) is 5.91 Å². The summed E-state index contributed by atoms with van der Waals surface area (Å²) in [5, 5.41) is 19.5. The normalized spacial score (nSPS) is 12.3. The lowest BCUT2D eigenvalue weighted by Crippen LogP contribution is -2.37. The molecule has 2 N–H and O–H groups in total. The minimum Gasteiger partial charge on any atom is -0.383 e. The molecule has 0 aliphatic rings. The number of carbonyl (C=O) groups excluding carboxylic acids is 1. The summed E-state index contributed by atoms with van der Waals surface area (Å²) in [5.41, 5.74) is 0. The van der Waals surface area contributed by atoms with E-state index in [0.717, 1.165) is 0 Å². The molecule has 0 spiro atoms. The topological polar surface area (TPSA) is 73.1 Å². The van der Waals surface area contributed by atoms with Crippen LogP contribution < -0.4 is 5.32 Å². The van der Waals surface area contributed by atoms with Crippen LogP contribution in [0.2, 0.25) is 0 Å². The van der Waals surface area contributed by atoms with Crippen molar-refractivity contribution in [3.8, 4) is 6.07 Å². The number of aliphatic hydroxyl groups excluding tert-OH is 1. The fraction of sp³-hybridized carbons (Fsp3) is 0.714. The van der Waals surface area contributed by atoms with E-state index < -0.39 is 12.0 Å². The first kappa shape index (κ1) is 9.92. The summed E-state index contributed by atoms with van der Waals surface area (Å²) in [6.07, 6.45) is -1.01. The van der Waals surface area contributed by atoms with E-state index in [1.165, 1.54) is 0 Å². The third-order valence-electron chi connectivity index (χ3n) is 1.24. The van der Waals surface area contributed by atoms with Gasteiger partial charge in [0, 0.05) is 0 Å². The molecule has 0 unspecified atom stereocenters. The Morgan fingerprint density at radius 3 is 2.64 bits per heavy atom. The first-order valence-electron chi connectivity index (χ1n) is 3.42. The SMILES string of the molecule is CC(C)[C@H](O)C(=O)NCC#N. The smallest absolute Gasteiger partial charge is 0.249 e. The Bertz CT molecular complexity index is 172. The molecule has 0 saturated heterocycles. The van der Waals surface area contributed by atoms with Crippen LogP contribution in [-0.2, 0) is 4.79 Å². The second-order valence-corrected chi connectivity index (χ2v) is 2.56. The lowest BCUT2D eigenvalue weighted by molar-refractivity contribution is -0.131. The maximum atomic E-state index is 10.8. The zero-order valence-electron chi connectivity index (χ0n) is 6.66. The minimum atomic E-state index is -1.01. The van der Waals surface area contributed by atoms with Crippen molar-refractivity contribution in [2.45, 2.75) is 20.0 Å². The first-order chi connectivity index (χ1) is 5.09. The maximum absolute atomic E-state index is 10.8. The van der Waals surface area contributed by atoms with Gasteiger partial charge in [-0.3, -0.25) is 4.79 Å². The van der Waals surface area contributed by atoms with E-state index in [2.05, 4.69) is 5.32 Å². The Morgan fingerprint density at radius 1 is 1.73 bits per heavy atom. The maximum Gasteiger partial charge on any atom is 0.249 e. The quantitative estimate of drug-likeness (QED) is 0.548. The van der Waals surface area contributed by atoms with Crippen LogP contribution in [-0.4, -0.2) is 23.7 Å². The lowest BCUT2D eigenvalue weighted by Gasteiger charge is -2.12. The number of carbonyl (C=O) groups is 1. The van der Waals surface area contributed by atoms with Crippen LogP contribution in [0.1, 0.15) is 13.8 Å². The Labute approximate surface area is 65.8 Å². The Kier molecular flexibility index (Phi) is 4.23. The molecular formula is C7H12N2O2. The second-order valence-electron chi connectivity index (χ2n) is 2.56. The average molecular weight is 156 g/mol. The van der Waals surface area contributed by atoms with E-state index in [9.17, 15) is 4.79 Å². The van der Waals surface area contributed by atoms with Crippen molar-refractivity contribution >= 4 is 5.91 Å². The van der Waals surface area contributed by atoms with Crippen molar-refractivity contribution in [2.75, 3.05) is 6.54 Å². The molecule has 0 saturated carbocycles. The predicted octanol–water partition coefficient (Wildman–Crippen LogP) is -0.357. The Hall–Kier alpha value is -1.08. The molecule has 0 fully saturated rings. The summed E-state index contributed by atoms with van der Waals surface area (Å²) in [6.45, 7) is 3.41. The van der Waals surface area contributed by atoms with Gasteiger partial charge in [-0.15, -0.1) is 0 Å². The molecule has 0 radical (unpaired) electrons. The molecule has 4 nitrogen and oxygen atoms in total. The van der Waals surface area contributed by atoms with Gasteiger partial charge in [0.15, 0.2) is 0 Å². The van der Waals surface area contributed by atoms with Crippen LogP contribution in [0.5, 0.6) is 0 Å². The van der Waals surface area contributed by atoms with Crippen LogP contribution in [0.25, 0.3) is 0 Å². The van der Waals surface area contributed by atoms with Crippen molar-refractivity contribution < 1.29 is 9.90 Å². The van der Waals surface area contributed by atoms with E-state index >= 15 is 0 Å². The average Bonchev–Trinajstić information content (AvgIpc) is 1.98. The summed E-state index contributed by atoms with van der Waals surface area (Å²) in [6, 6.07) is 1.75. The van der Waals surface area contributed by atoms with Gasteiger partial charge in [-0.1, -0.05) is 13.8 Å². The molecule has 0 aliphatic heterocycles. The van der Waals surface area contributed by atoms with E-state index in [1.807, 2.05) is 0 Å². The fourth-order valence-corrected chi connectivity index (χ4v) is 0.534. The van der Waals surface area contributed by atoms with Gasteiger partial charge in [-0.05, 0) is 5.92 Å². The van der Waals surface area contributed by atoms with Crippen molar-refractivity contribution in [1.82, 2.24) is 5.32 Å². The molecule has 1 atom stereocenters. The highest BCUT2D eigenvalue weighted by Crippen LogP contribution is 1.99. The molecule has 4 heteroatoms. The second kappa shape index (κ2) is 4.69. The highest BCUT2D eigenvalue weighted by Gasteiger charge is 2.17. The van der Waals surface area contributed by atoms with Gasteiger partial charge in [-0.25, -0.2) is 0 Å². The standard InChI is InChI=1S/C7H12N2O2/c1-5(2)6(10)7(11)9-4-3-8/h5-6,10H,4H2,1-2H3,(H,9,11)/t6-/m0/s1. The molecule has 0 aromatic rings. The summed E-state index contributed by atoms with van der Waals surface area (Å²) < 4.78 is 0. The lowest BCUT2D eigenvalue weighted by atomic mass is 10.1. The molecule has 0 heterocycles. The minimum absolute atomic E-state index is 0.0530. The number of amides is 1. The van der Waals surface area contributed by atoms with E-state index in [-0.39, 0.29) is 12.5 Å². The van der Waals surface area contributed by atoms with Gasteiger partial charge in [0.25, 0.3) is 0 Å². The zero-order chi connectivity index (χ0) is 8.85.